The Bertz CT molecular complexity index is 897. The lowest BCUT2D eigenvalue weighted by molar-refractivity contribution is 0.0411. The van der Waals surface area contributed by atoms with Crippen LogP contribution in [0.1, 0.15) is 18.2 Å². The maximum absolute atomic E-state index is 12.2. The van der Waals surface area contributed by atoms with Gasteiger partial charge in [0.05, 0.1) is 5.75 Å². The standard InChI is InChI=1S/C18H19NO4S/c1-18(20,17-11-15-9-5-6-10-16(15)23-17)13-19-24(21,22)12-14-7-3-2-4-8-14/h2-11,19-20H,12-13H2,1H3. The molecule has 5 nitrogen and oxygen atoms in total. The Hall–Kier alpha value is -2.15. The lowest BCUT2D eigenvalue weighted by atomic mass is 10.0. The Labute approximate surface area is 141 Å². The molecule has 6 heteroatoms. The Morgan fingerprint density at radius 1 is 1.08 bits per heavy atom. The number of furan rings is 1. The molecular formula is C18H19NO4S. The van der Waals surface area contributed by atoms with Crippen LogP contribution in [-0.4, -0.2) is 20.1 Å². The second-order valence-electron chi connectivity index (χ2n) is 5.99. The van der Waals surface area contributed by atoms with Gasteiger partial charge in [0.1, 0.15) is 16.9 Å². The van der Waals surface area contributed by atoms with Crippen molar-refractivity contribution in [3.05, 3.63) is 72.0 Å². The molecule has 0 saturated heterocycles. The highest BCUT2D eigenvalue weighted by molar-refractivity contribution is 7.88. The van der Waals surface area contributed by atoms with E-state index in [1.165, 1.54) is 6.92 Å². The summed E-state index contributed by atoms with van der Waals surface area (Å²) in [5.41, 5.74) is -0.101. The van der Waals surface area contributed by atoms with Gasteiger partial charge in [0.15, 0.2) is 0 Å². The molecule has 2 N–H and O–H groups in total. The van der Waals surface area contributed by atoms with Crippen LogP contribution in [0.15, 0.2) is 65.1 Å². The molecule has 0 aliphatic carbocycles. The first-order chi connectivity index (χ1) is 11.4. The molecule has 0 aliphatic heterocycles. The first-order valence-electron chi connectivity index (χ1n) is 7.58. The van der Waals surface area contributed by atoms with Crippen LogP contribution in [0.25, 0.3) is 11.0 Å². The summed E-state index contributed by atoms with van der Waals surface area (Å²) in [6.07, 6.45) is 0. The van der Waals surface area contributed by atoms with E-state index >= 15 is 0 Å². The number of para-hydroxylation sites is 1. The molecule has 2 aromatic carbocycles. The maximum atomic E-state index is 12.2. The average molecular weight is 345 g/mol. The molecule has 0 amide bonds. The molecule has 126 valence electrons. The molecular weight excluding hydrogens is 326 g/mol. The molecule has 0 spiro atoms. The van der Waals surface area contributed by atoms with Gasteiger partial charge in [-0.05, 0) is 24.6 Å². The van der Waals surface area contributed by atoms with Gasteiger partial charge < -0.3 is 9.52 Å². The first kappa shape index (κ1) is 16.7. The fourth-order valence-electron chi connectivity index (χ4n) is 2.43. The highest BCUT2D eigenvalue weighted by atomic mass is 32.2. The van der Waals surface area contributed by atoms with Gasteiger partial charge in [0.2, 0.25) is 10.0 Å². The van der Waals surface area contributed by atoms with Crippen molar-refractivity contribution < 1.29 is 17.9 Å². The summed E-state index contributed by atoms with van der Waals surface area (Å²) >= 11 is 0. The van der Waals surface area contributed by atoms with E-state index in [0.29, 0.717) is 16.9 Å². The smallest absolute Gasteiger partial charge is 0.215 e. The van der Waals surface area contributed by atoms with E-state index in [0.717, 1.165) is 5.39 Å². The topological polar surface area (TPSA) is 79.5 Å². The summed E-state index contributed by atoms with van der Waals surface area (Å²) < 4.78 is 32.5. The van der Waals surface area contributed by atoms with Crippen molar-refractivity contribution in [3.8, 4) is 0 Å². The monoisotopic (exact) mass is 345 g/mol. The molecule has 0 saturated carbocycles. The van der Waals surface area contributed by atoms with Gasteiger partial charge in [0.25, 0.3) is 0 Å². The summed E-state index contributed by atoms with van der Waals surface area (Å²) in [5.74, 6) is 0.190. The van der Waals surface area contributed by atoms with Crippen LogP contribution in [0.3, 0.4) is 0 Å². The van der Waals surface area contributed by atoms with Gasteiger partial charge >= 0.3 is 0 Å². The maximum Gasteiger partial charge on any atom is 0.215 e. The molecule has 0 aliphatic rings. The summed E-state index contributed by atoms with van der Waals surface area (Å²) in [6, 6.07) is 18.0. The van der Waals surface area contributed by atoms with E-state index in [-0.39, 0.29) is 12.3 Å². The third kappa shape index (κ3) is 3.84. The van der Waals surface area contributed by atoms with Crippen LogP contribution >= 0.6 is 0 Å². The second-order valence-corrected chi connectivity index (χ2v) is 7.79. The second kappa shape index (κ2) is 6.39. The van der Waals surface area contributed by atoms with Crippen LogP contribution < -0.4 is 4.72 Å². The van der Waals surface area contributed by atoms with Gasteiger partial charge in [-0.3, -0.25) is 0 Å². The first-order valence-corrected chi connectivity index (χ1v) is 9.24. The lowest BCUT2D eigenvalue weighted by Gasteiger charge is -2.21. The Balaban J connectivity index is 1.72. The highest BCUT2D eigenvalue weighted by Crippen LogP contribution is 2.27. The van der Waals surface area contributed by atoms with Crippen LogP contribution in [0.2, 0.25) is 0 Å². The Kier molecular flexibility index (Phi) is 4.45. The van der Waals surface area contributed by atoms with Gasteiger partial charge in [-0.1, -0.05) is 48.5 Å². The van der Waals surface area contributed by atoms with Crippen LogP contribution in [-0.2, 0) is 21.4 Å². The van der Waals surface area contributed by atoms with Gasteiger partial charge in [-0.25, -0.2) is 13.1 Å². The number of nitrogens with one attached hydrogen (secondary N) is 1. The summed E-state index contributed by atoms with van der Waals surface area (Å²) in [7, 11) is -3.56. The summed E-state index contributed by atoms with van der Waals surface area (Å²) in [5, 5.41) is 11.5. The van der Waals surface area contributed by atoms with E-state index in [1.54, 1.807) is 36.4 Å². The summed E-state index contributed by atoms with van der Waals surface area (Å²) in [6.45, 7) is 1.36. The SMILES string of the molecule is CC(O)(CNS(=O)(=O)Cc1ccccc1)c1cc2ccccc2o1. The zero-order valence-corrected chi connectivity index (χ0v) is 14.1. The average Bonchev–Trinajstić information content (AvgIpc) is 2.99. The molecule has 24 heavy (non-hydrogen) atoms. The van der Waals surface area contributed by atoms with Crippen molar-refractivity contribution in [2.75, 3.05) is 6.54 Å². The Morgan fingerprint density at radius 2 is 1.75 bits per heavy atom. The third-order valence-corrected chi connectivity index (χ3v) is 5.09. The number of hydrogen-bond donors (Lipinski definition) is 2. The quantitative estimate of drug-likeness (QED) is 0.720. The highest BCUT2D eigenvalue weighted by Gasteiger charge is 2.29. The minimum absolute atomic E-state index is 0.135. The number of hydrogen-bond acceptors (Lipinski definition) is 4. The third-order valence-electron chi connectivity index (χ3n) is 3.79. The number of sulfonamides is 1. The predicted molar refractivity (Wildman–Crippen MR) is 92.9 cm³/mol. The van der Waals surface area contributed by atoms with Crippen molar-refractivity contribution >= 4 is 21.0 Å². The molecule has 0 fully saturated rings. The van der Waals surface area contributed by atoms with Gasteiger partial charge in [-0.2, -0.15) is 0 Å². The number of benzene rings is 2. The van der Waals surface area contributed by atoms with Crippen LogP contribution in [0, 0.1) is 0 Å². The molecule has 0 bridgehead atoms. The number of rotatable bonds is 6. The minimum Gasteiger partial charge on any atom is -0.458 e. The zero-order chi connectivity index (χ0) is 17.2. The molecule has 1 unspecified atom stereocenters. The van der Waals surface area contributed by atoms with Crippen molar-refractivity contribution in [3.63, 3.8) is 0 Å². The largest absolute Gasteiger partial charge is 0.458 e. The van der Waals surface area contributed by atoms with E-state index in [9.17, 15) is 13.5 Å². The van der Waals surface area contributed by atoms with E-state index < -0.39 is 15.6 Å². The molecule has 1 heterocycles. The molecule has 0 radical (unpaired) electrons. The van der Waals surface area contributed by atoms with Gasteiger partial charge in [0, 0.05) is 11.9 Å². The number of aliphatic hydroxyl groups is 1. The molecule has 3 rings (SSSR count). The molecule has 3 aromatic rings. The van der Waals surface area contributed by atoms with Crippen molar-refractivity contribution in [2.45, 2.75) is 18.3 Å². The predicted octanol–water partition coefficient (Wildman–Crippen LogP) is 2.76. The van der Waals surface area contributed by atoms with E-state index in [4.69, 9.17) is 4.42 Å². The normalized spacial score (nSPS) is 14.6. The summed E-state index contributed by atoms with van der Waals surface area (Å²) in [4.78, 5) is 0. The van der Waals surface area contributed by atoms with E-state index in [2.05, 4.69) is 4.72 Å². The fourth-order valence-corrected chi connectivity index (χ4v) is 3.66. The van der Waals surface area contributed by atoms with Crippen molar-refractivity contribution in [1.29, 1.82) is 0 Å². The van der Waals surface area contributed by atoms with Crippen LogP contribution in [0.5, 0.6) is 0 Å². The van der Waals surface area contributed by atoms with Crippen LogP contribution in [0.4, 0.5) is 0 Å². The molecule has 1 atom stereocenters. The fraction of sp³-hybridized carbons (Fsp3) is 0.222. The molecule has 1 aromatic heterocycles. The minimum atomic E-state index is -3.56. The zero-order valence-electron chi connectivity index (χ0n) is 13.3. The number of fused-ring (bicyclic) bond motifs is 1. The van der Waals surface area contributed by atoms with E-state index in [1.807, 2.05) is 24.3 Å². The van der Waals surface area contributed by atoms with Crippen molar-refractivity contribution in [2.24, 2.45) is 0 Å². The van der Waals surface area contributed by atoms with Gasteiger partial charge in [-0.15, -0.1) is 0 Å². The van der Waals surface area contributed by atoms with Crippen molar-refractivity contribution in [1.82, 2.24) is 4.72 Å². The lowest BCUT2D eigenvalue weighted by Crippen LogP contribution is -2.38. The Morgan fingerprint density at radius 3 is 2.46 bits per heavy atom.